The molecular formula is C24H25F3N2O4S. The zero-order valence-corrected chi connectivity index (χ0v) is 19.5. The number of rotatable bonds is 5. The molecule has 10 heteroatoms. The number of aromatic nitrogens is 1. The Hall–Kier alpha value is -2.69. The summed E-state index contributed by atoms with van der Waals surface area (Å²) in [6.07, 6.45) is -2.46. The Kier molecular flexibility index (Phi) is 6.34. The number of halogens is 3. The summed E-state index contributed by atoms with van der Waals surface area (Å²) >= 11 is 0. The van der Waals surface area contributed by atoms with Crippen molar-refractivity contribution in [1.82, 2.24) is 9.29 Å². The number of aliphatic hydroxyl groups is 1. The number of benzene rings is 2. The van der Waals surface area contributed by atoms with E-state index in [4.69, 9.17) is 4.42 Å². The van der Waals surface area contributed by atoms with Crippen LogP contribution in [0.25, 0.3) is 11.3 Å². The smallest absolute Gasteiger partial charge is 0.421 e. The van der Waals surface area contributed by atoms with E-state index in [1.165, 1.54) is 35.0 Å². The summed E-state index contributed by atoms with van der Waals surface area (Å²) in [7, 11) is -3.59. The lowest BCUT2D eigenvalue weighted by Gasteiger charge is -2.30. The van der Waals surface area contributed by atoms with Crippen LogP contribution in [-0.4, -0.2) is 42.1 Å². The zero-order valence-electron chi connectivity index (χ0n) is 18.7. The molecule has 0 radical (unpaired) electrons. The molecule has 34 heavy (non-hydrogen) atoms. The molecule has 0 aliphatic carbocycles. The van der Waals surface area contributed by atoms with Gasteiger partial charge in [-0.3, -0.25) is 0 Å². The SMILES string of the molecule is Cc1ccc(S(=O)(=O)N2CCC(c3ncoc3-c3ccc(C(C)(O)C(F)(F)F)cc3)CC2)cc1. The van der Waals surface area contributed by atoms with E-state index in [-0.39, 0.29) is 16.4 Å². The zero-order chi connectivity index (χ0) is 24.7. The number of alkyl halides is 3. The number of aryl methyl sites for hydroxylation is 1. The van der Waals surface area contributed by atoms with E-state index < -0.39 is 21.8 Å². The lowest BCUT2D eigenvalue weighted by atomic mass is 9.90. The van der Waals surface area contributed by atoms with Gasteiger partial charge in [0.15, 0.2) is 17.8 Å². The number of oxazole rings is 1. The van der Waals surface area contributed by atoms with Crippen molar-refractivity contribution in [3.8, 4) is 11.3 Å². The summed E-state index contributed by atoms with van der Waals surface area (Å²) in [6.45, 7) is 3.24. The van der Waals surface area contributed by atoms with Gasteiger partial charge < -0.3 is 9.52 Å². The quantitative estimate of drug-likeness (QED) is 0.541. The monoisotopic (exact) mass is 494 g/mol. The van der Waals surface area contributed by atoms with Gasteiger partial charge in [0.25, 0.3) is 0 Å². The van der Waals surface area contributed by atoms with Crippen LogP contribution in [0.15, 0.2) is 64.2 Å². The maximum absolute atomic E-state index is 13.1. The summed E-state index contributed by atoms with van der Waals surface area (Å²) < 4.78 is 72.3. The lowest BCUT2D eigenvalue weighted by molar-refractivity contribution is -0.258. The highest BCUT2D eigenvalue weighted by Gasteiger charge is 2.51. The molecule has 2 heterocycles. The lowest BCUT2D eigenvalue weighted by Crippen LogP contribution is -2.39. The first-order valence-corrected chi connectivity index (χ1v) is 12.3. The van der Waals surface area contributed by atoms with Crippen molar-refractivity contribution < 1.29 is 31.1 Å². The minimum atomic E-state index is -4.81. The van der Waals surface area contributed by atoms with E-state index in [0.29, 0.717) is 49.9 Å². The molecule has 0 amide bonds. The van der Waals surface area contributed by atoms with Crippen LogP contribution < -0.4 is 0 Å². The predicted octanol–water partition coefficient (Wildman–Crippen LogP) is 4.99. The first-order valence-electron chi connectivity index (χ1n) is 10.8. The predicted molar refractivity (Wildman–Crippen MR) is 119 cm³/mol. The van der Waals surface area contributed by atoms with Gasteiger partial charge in [-0.15, -0.1) is 0 Å². The normalized spacial score (nSPS) is 18.1. The van der Waals surface area contributed by atoms with E-state index in [2.05, 4.69) is 4.98 Å². The number of nitrogens with zero attached hydrogens (tertiary/aromatic N) is 2. The van der Waals surface area contributed by atoms with E-state index in [1.54, 1.807) is 24.3 Å². The summed E-state index contributed by atoms with van der Waals surface area (Å²) in [5.41, 5.74) is -1.09. The molecule has 1 fully saturated rings. The van der Waals surface area contributed by atoms with Crippen LogP contribution in [0.4, 0.5) is 13.2 Å². The topological polar surface area (TPSA) is 83.6 Å². The van der Waals surface area contributed by atoms with Gasteiger partial charge in [-0.1, -0.05) is 42.0 Å². The van der Waals surface area contributed by atoms with E-state index in [9.17, 15) is 26.7 Å². The average molecular weight is 495 g/mol. The fraction of sp³-hybridized carbons (Fsp3) is 0.375. The Morgan fingerprint density at radius 2 is 1.62 bits per heavy atom. The van der Waals surface area contributed by atoms with Gasteiger partial charge in [0.2, 0.25) is 10.0 Å². The van der Waals surface area contributed by atoms with Crippen LogP contribution in [0.2, 0.25) is 0 Å². The van der Waals surface area contributed by atoms with Crippen LogP contribution in [0.3, 0.4) is 0 Å². The van der Waals surface area contributed by atoms with E-state index in [0.717, 1.165) is 5.56 Å². The van der Waals surface area contributed by atoms with Crippen LogP contribution in [0.1, 0.15) is 42.5 Å². The summed E-state index contributed by atoms with van der Waals surface area (Å²) in [4.78, 5) is 4.58. The average Bonchev–Trinajstić information content (AvgIpc) is 3.29. The Bertz CT molecular complexity index is 1240. The molecule has 1 aromatic heterocycles. The van der Waals surface area contributed by atoms with Gasteiger partial charge in [-0.25, -0.2) is 13.4 Å². The fourth-order valence-electron chi connectivity index (χ4n) is 4.10. The van der Waals surface area contributed by atoms with Gasteiger partial charge in [-0.05, 0) is 44.4 Å². The van der Waals surface area contributed by atoms with Crippen LogP contribution in [-0.2, 0) is 15.6 Å². The first-order chi connectivity index (χ1) is 15.9. The Morgan fingerprint density at radius 1 is 1.03 bits per heavy atom. The highest BCUT2D eigenvalue weighted by atomic mass is 32.2. The third kappa shape index (κ3) is 4.49. The van der Waals surface area contributed by atoms with Gasteiger partial charge in [0.05, 0.1) is 10.6 Å². The molecule has 1 aliphatic rings. The fourth-order valence-corrected chi connectivity index (χ4v) is 5.57. The second-order valence-corrected chi connectivity index (χ2v) is 10.6. The number of sulfonamides is 1. The number of hydrogen-bond donors (Lipinski definition) is 1. The Morgan fingerprint density at radius 3 is 2.18 bits per heavy atom. The van der Waals surface area contributed by atoms with Gasteiger partial charge in [-0.2, -0.15) is 17.5 Å². The Balaban J connectivity index is 1.49. The van der Waals surface area contributed by atoms with Gasteiger partial charge >= 0.3 is 6.18 Å². The molecule has 6 nitrogen and oxygen atoms in total. The van der Waals surface area contributed by atoms with E-state index in [1.807, 2.05) is 6.92 Å². The second kappa shape index (κ2) is 8.83. The van der Waals surface area contributed by atoms with Crippen molar-refractivity contribution in [2.24, 2.45) is 0 Å². The standard InChI is InChI=1S/C24H25F3N2O4S/c1-16-3-9-20(10-4-16)34(31,32)29-13-11-17(12-14-29)21-22(33-15-28-21)18-5-7-19(8-6-18)23(2,30)24(25,26)27/h3-10,15,17,30H,11-14H2,1-2H3. The maximum atomic E-state index is 13.1. The molecule has 0 bridgehead atoms. The summed E-state index contributed by atoms with van der Waals surface area (Å²) in [6, 6.07) is 12.1. The van der Waals surface area contributed by atoms with Crippen LogP contribution >= 0.6 is 0 Å². The van der Waals surface area contributed by atoms with Crippen molar-refractivity contribution in [1.29, 1.82) is 0 Å². The first kappa shape index (κ1) is 24.4. The molecule has 0 saturated carbocycles. The molecule has 182 valence electrons. The molecule has 1 unspecified atom stereocenters. The largest absolute Gasteiger partial charge is 0.443 e. The molecule has 0 spiro atoms. The molecule has 4 rings (SSSR count). The van der Waals surface area contributed by atoms with Crippen molar-refractivity contribution in [3.05, 3.63) is 71.7 Å². The molecule has 1 aliphatic heterocycles. The highest BCUT2D eigenvalue weighted by Crippen LogP contribution is 2.40. The highest BCUT2D eigenvalue weighted by molar-refractivity contribution is 7.89. The van der Waals surface area contributed by atoms with Gasteiger partial charge in [0.1, 0.15) is 0 Å². The summed E-state index contributed by atoms with van der Waals surface area (Å²) in [5.74, 6) is 0.370. The van der Waals surface area contributed by atoms with Crippen molar-refractivity contribution >= 4 is 10.0 Å². The maximum Gasteiger partial charge on any atom is 0.421 e. The van der Waals surface area contributed by atoms with Gasteiger partial charge in [0, 0.05) is 24.6 Å². The number of piperidine rings is 1. The molecule has 1 saturated heterocycles. The Labute approximate surface area is 196 Å². The second-order valence-electron chi connectivity index (χ2n) is 8.71. The molecule has 2 aromatic carbocycles. The van der Waals surface area contributed by atoms with Crippen molar-refractivity contribution in [2.45, 2.75) is 49.3 Å². The van der Waals surface area contributed by atoms with Crippen molar-refractivity contribution in [3.63, 3.8) is 0 Å². The van der Waals surface area contributed by atoms with Crippen LogP contribution in [0, 0.1) is 6.92 Å². The minimum absolute atomic E-state index is 0.0591. The summed E-state index contributed by atoms with van der Waals surface area (Å²) in [5, 5.41) is 9.87. The van der Waals surface area contributed by atoms with Crippen LogP contribution in [0.5, 0.6) is 0 Å². The van der Waals surface area contributed by atoms with E-state index >= 15 is 0 Å². The molecule has 1 atom stereocenters. The minimum Gasteiger partial charge on any atom is -0.443 e. The third-order valence-electron chi connectivity index (χ3n) is 6.36. The van der Waals surface area contributed by atoms with Crippen molar-refractivity contribution in [2.75, 3.05) is 13.1 Å². The molecular weight excluding hydrogens is 469 g/mol. The molecule has 1 N–H and O–H groups in total. The third-order valence-corrected chi connectivity index (χ3v) is 8.27. The number of hydrogen-bond acceptors (Lipinski definition) is 5. The molecule has 3 aromatic rings.